The number of ether oxygens (including phenoxy) is 2. The Morgan fingerprint density at radius 1 is 1.21 bits per heavy atom. The van der Waals surface area contributed by atoms with Crippen LogP contribution in [0, 0.1) is 5.82 Å². The van der Waals surface area contributed by atoms with Crippen molar-refractivity contribution in [2.24, 2.45) is 0 Å². The molecular formula is C20H23FN6O2. The first-order valence-electron chi connectivity index (χ1n) is 10.00. The number of hydrogen-bond acceptors (Lipinski definition) is 7. The van der Waals surface area contributed by atoms with Gasteiger partial charge in [0.05, 0.1) is 30.5 Å². The van der Waals surface area contributed by atoms with E-state index in [-0.39, 0.29) is 17.8 Å². The molecule has 1 atom stereocenters. The Balaban J connectivity index is 1.58. The highest BCUT2D eigenvalue weighted by Crippen LogP contribution is 2.31. The Morgan fingerprint density at radius 3 is 2.93 bits per heavy atom. The second kappa shape index (κ2) is 7.92. The number of anilines is 1. The first-order valence-corrected chi connectivity index (χ1v) is 10.00. The van der Waals surface area contributed by atoms with Crippen LogP contribution in [0.2, 0.25) is 0 Å². The molecule has 0 aromatic carbocycles. The number of nitrogens with one attached hydrogen (secondary N) is 1. The van der Waals surface area contributed by atoms with E-state index in [1.54, 1.807) is 10.7 Å². The zero-order chi connectivity index (χ0) is 19.6. The lowest BCUT2D eigenvalue weighted by Gasteiger charge is -2.29. The Morgan fingerprint density at radius 2 is 2.10 bits per heavy atom. The molecule has 0 bridgehead atoms. The van der Waals surface area contributed by atoms with Crippen LogP contribution < -0.4 is 15.0 Å². The third-order valence-corrected chi connectivity index (χ3v) is 5.31. The maximum absolute atomic E-state index is 15.4. The SMILES string of the molecule is Fc1c(O[C@@H]2CCCNC2)nc(-c2cnn3ccccc23)nc1N1CCOCC1. The number of aromatic nitrogens is 4. The molecule has 2 fully saturated rings. The zero-order valence-corrected chi connectivity index (χ0v) is 16.1. The molecule has 0 unspecified atom stereocenters. The van der Waals surface area contributed by atoms with Gasteiger partial charge < -0.3 is 19.7 Å². The summed E-state index contributed by atoms with van der Waals surface area (Å²) in [5.74, 6) is 0.151. The van der Waals surface area contributed by atoms with Crippen molar-refractivity contribution in [3.63, 3.8) is 0 Å². The predicted octanol–water partition coefficient (Wildman–Crippen LogP) is 1.90. The van der Waals surface area contributed by atoms with Crippen LogP contribution in [0.5, 0.6) is 5.88 Å². The number of halogens is 1. The first-order chi connectivity index (χ1) is 14.3. The highest BCUT2D eigenvalue weighted by Gasteiger charge is 2.26. The molecule has 8 nitrogen and oxygen atoms in total. The van der Waals surface area contributed by atoms with Gasteiger partial charge in [-0.3, -0.25) is 0 Å². The molecular weight excluding hydrogens is 375 g/mol. The van der Waals surface area contributed by atoms with Gasteiger partial charge in [0, 0.05) is 25.8 Å². The lowest BCUT2D eigenvalue weighted by molar-refractivity contribution is 0.121. The molecule has 3 aromatic heterocycles. The van der Waals surface area contributed by atoms with Gasteiger partial charge in [-0.2, -0.15) is 14.5 Å². The second-order valence-electron chi connectivity index (χ2n) is 7.26. The molecule has 29 heavy (non-hydrogen) atoms. The number of morpholine rings is 1. The molecule has 0 radical (unpaired) electrons. The van der Waals surface area contributed by atoms with E-state index in [1.807, 2.05) is 29.3 Å². The van der Waals surface area contributed by atoms with Crippen molar-refractivity contribution >= 4 is 11.3 Å². The minimum absolute atomic E-state index is 0.000438. The number of pyridine rings is 1. The van der Waals surface area contributed by atoms with Gasteiger partial charge in [-0.05, 0) is 31.5 Å². The topological polar surface area (TPSA) is 76.8 Å². The minimum atomic E-state index is -0.516. The molecule has 2 aliphatic rings. The number of fused-ring (bicyclic) bond motifs is 1. The lowest BCUT2D eigenvalue weighted by Crippen LogP contribution is -2.39. The molecule has 9 heteroatoms. The molecule has 3 aromatic rings. The third kappa shape index (κ3) is 3.63. The van der Waals surface area contributed by atoms with E-state index in [9.17, 15) is 0 Å². The van der Waals surface area contributed by atoms with Crippen LogP contribution in [0.25, 0.3) is 16.9 Å². The molecule has 2 saturated heterocycles. The van der Waals surface area contributed by atoms with Crippen molar-refractivity contribution in [1.29, 1.82) is 0 Å². The van der Waals surface area contributed by atoms with E-state index in [0.29, 0.717) is 38.7 Å². The largest absolute Gasteiger partial charge is 0.471 e. The fraction of sp³-hybridized carbons (Fsp3) is 0.450. The van der Waals surface area contributed by atoms with E-state index in [2.05, 4.69) is 20.4 Å². The van der Waals surface area contributed by atoms with Crippen LogP contribution in [0.4, 0.5) is 10.2 Å². The van der Waals surface area contributed by atoms with Crippen molar-refractivity contribution in [1.82, 2.24) is 24.9 Å². The van der Waals surface area contributed by atoms with Gasteiger partial charge in [0.2, 0.25) is 5.82 Å². The van der Waals surface area contributed by atoms with Crippen LogP contribution in [-0.2, 0) is 4.74 Å². The summed E-state index contributed by atoms with van der Waals surface area (Å²) in [6.07, 6.45) is 5.32. The van der Waals surface area contributed by atoms with Gasteiger partial charge in [0.15, 0.2) is 11.6 Å². The predicted molar refractivity (Wildman–Crippen MR) is 106 cm³/mol. The number of rotatable bonds is 4. The molecule has 1 N–H and O–H groups in total. The fourth-order valence-electron chi connectivity index (χ4n) is 3.78. The molecule has 0 saturated carbocycles. The quantitative estimate of drug-likeness (QED) is 0.719. The number of nitrogens with zero attached hydrogens (tertiary/aromatic N) is 5. The van der Waals surface area contributed by atoms with Crippen molar-refractivity contribution < 1.29 is 13.9 Å². The monoisotopic (exact) mass is 398 g/mol. The van der Waals surface area contributed by atoms with E-state index in [0.717, 1.165) is 30.5 Å². The van der Waals surface area contributed by atoms with Gasteiger partial charge in [0.25, 0.3) is 5.88 Å². The third-order valence-electron chi connectivity index (χ3n) is 5.31. The van der Waals surface area contributed by atoms with Crippen LogP contribution in [-0.4, -0.2) is 65.1 Å². The van der Waals surface area contributed by atoms with Gasteiger partial charge in [-0.25, -0.2) is 9.50 Å². The van der Waals surface area contributed by atoms with Crippen molar-refractivity contribution in [2.45, 2.75) is 18.9 Å². The van der Waals surface area contributed by atoms with Crippen LogP contribution in [0.1, 0.15) is 12.8 Å². The Hall–Kier alpha value is -2.78. The highest BCUT2D eigenvalue weighted by molar-refractivity contribution is 5.76. The molecule has 5 heterocycles. The maximum Gasteiger partial charge on any atom is 0.256 e. The van der Waals surface area contributed by atoms with Crippen molar-refractivity contribution in [3.05, 3.63) is 36.4 Å². The number of piperidine rings is 1. The normalized spacial score (nSPS) is 20.2. The lowest BCUT2D eigenvalue weighted by atomic mass is 10.1. The number of hydrogen-bond donors (Lipinski definition) is 1. The van der Waals surface area contributed by atoms with Crippen LogP contribution in [0.3, 0.4) is 0 Å². The zero-order valence-electron chi connectivity index (χ0n) is 16.1. The van der Waals surface area contributed by atoms with Gasteiger partial charge in [-0.1, -0.05) is 6.07 Å². The van der Waals surface area contributed by atoms with E-state index < -0.39 is 5.82 Å². The average Bonchev–Trinajstić information content (AvgIpc) is 3.21. The molecule has 152 valence electrons. The van der Waals surface area contributed by atoms with Gasteiger partial charge >= 0.3 is 0 Å². The van der Waals surface area contributed by atoms with Gasteiger partial charge in [-0.15, -0.1) is 0 Å². The fourth-order valence-corrected chi connectivity index (χ4v) is 3.78. The first kappa shape index (κ1) is 18.3. The Labute approximate surface area is 167 Å². The van der Waals surface area contributed by atoms with Crippen molar-refractivity contribution in [3.8, 4) is 17.3 Å². The summed E-state index contributed by atoms with van der Waals surface area (Å²) in [6, 6.07) is 5.77. The van der Waals surface area contributed by atoms with E-state index in [1.165, 1.54) is 0 Å². The van der Waals surface area contributed by atoms with Gasteiger partial charge in [0.1, 0.15) is 6.10 Å². The van der Waals surface area contributed by atoms with Crippen LogP contribution in [0.15, 0.2) is 30.6 Å². The highest BCUT2D eigenvalue weighted by atomic mass is 19.1. The summed E-state index contributed by atoms with van der Waals surface area (Å²) >= 11 is 0. The van der Waals surface area contributed by atoms with E-state index >= 15 is 4.39 Å². The molecule has 5 rings (SSSR count). The van der Waals surface area contributed by atoms with Crippen LogP contribution >= 0.6 is 0 Å². The summed E-state index contributed by atoms with van der Waals surface area (Å²) in [6.45, 7) is 3.87. The molecule has 0 spiro atoms. The average molecular weight is 398 g/mol. The standard InChI is InChI=1S/C20H23FN6O2/c21-17-19(26-8-10-28-11-9-26)24-18(15-13-23-27-7-2-1-5-16(15)27)25-20(17)29-14-4-3-6-22-12-14/h1-2,5,7,13-14,22H,3-4,6,8-12H2/t14-/m1/s1. The Kier molecular flexibility index (Phi) is 4.99. The van der Waals surface area contributed by atoms with E-state index in [4.69, 9.17) is 9.47 Å². The second-order valence-corrected chi connectivity index (χ2v) is 7.26. The summed E-state index contributed by atoms with van der Waals surface area (Å²) in [5.41, 5.74) is 1.60. The molecule has 2 aliphatic heterocycles. The molecule has 0 amide bonds. The summed E-state index contributed by atoms with van der Waals surface area (Å²) in [5, 5.41) is 7.65. The maximum atomic E-state index is 15.4. The Bertz CT molecular complexity index is 998. The summed E-state index contributed by atoms with van der Waals surface area (Å²) in [7, 11) is 0. The summed E-state index contributed by atoms with van der Waals surface area (Å²) < 4.78 is 28.5. The van der Waals surface area contributed by atoms with Crippen molar-refractivity contribution in [2.75, 3.05) is 44.3 Å². The minimum Gasteiger partial charge on any atom is -0.471 e. The molecule has 0 aliphatic carbocycles. The summed E-state index contributed by atoms with van der Waals surface area (Å²) in [4.78, 5) is 10.9. The smallest absolute Gasteiger partial charge is 0.256 e.